The van der Waals surface area contributed by atoms with Crippen molar-refractivity contribution in [2.45, 2.75) is 38.8 Å². The molecule has 2 aliphatic heterocycles. The lowest BCUT2D eigenvalue weighted by Gasteiger charge is -2.40. The van der Waals surface area contributed by atoms with E-state index >= 15 is 0 Å². The summed E-state index contributed by atoms with van der Waals surface area (Å²) in [5.74, 6) is 1.85. The van der Waals surface area contributed by atoms with Gasteiger partial charge in [0.05, 0.1) is 12.7 Å². The van der Waals surface area contributed by atoms with E-state index in [0.29, 0.717) is 17.6 Å². The molecule has 0 spiro atoms. The first kappa shape index (κ1) is 20.8. The molecule has 2 fully saturated rings. The fraction of sp³-hybridized carbons (Fsp3) is 0.385. The van der Waals surface area contributed by atoms with Gasteiger partial charge < -0.3 is 14.2 Å². The van der Waals surface area contributed by atoms with Crippen molar-refractivity contribution in [2.24, 2.45) is 0 Å². The predicted molar refractivity (Wildman–Crippen MR) is 124 cm³/mol. The molecule has 0 aliphatic carbocycles. The van der Waals surface area contributed by atoms with Crippen molar-refractivity contribution in [3.8, 4) is 11.6 Å². The van der Waals surface area contributed by atoms with Crippen molar-refractivity contribution in [1.82, 2.24) is 19.4 Å². The van der Waals surface area contributed by atoms with Crippen LogP contribution in [0, 0.1) is 13.8 Å². The van der Waals surface area contributed by atoms with E-state index in [-0.39, 0.29) is 5.91 Å². The summed E-state index contributed by atoms with van der Waals surface area (Å²) in [6.45, 7) is 6.77. The number of carbonyl (C=O) groups excluding carboxylic acids is 1. The molecular formula is C26H30N4O2. The highest BCUT2D eigenvalue weighted by Gasteiger charge is 2.40. The van der Waals surface area contributed by atoms with Gasteiger partial charge in [-0.05, 0) is 73.7 Å². The van der Waals surface area contributed by atoms with Gasteiger partial charge >= 0.3 is 0 Å². The molecule has 1 amide bonds. The Hall–Kier alpha value is -3.12. The Balaban J connectivity index is 1.28. The molecule has 0 unspecified atom stereocenters. The van der Waals surface area contributed by atoms with E-state index in [9.17, 15) is 4.79 Å². The third kappa shape index (κ3) is 3.58. The van der Waals surface area contributed by atoms with E-state index in [0.717, 1.165) is 44.0 Å². The van der Waals surface area contributed by atoms with Crippen LogP contribution in [0.2, 0.25) is 0 Å². The number of carbonyl (C=O) groups is 1. The van der Waals surface area contributed by atoms with Crippen molar-refractivity contribution < 1.29 is 9.53 Å². The molecule has 0 saturated carbocycles. The number of aromatic nitrogens is 2. The number of pyridine rings is 1. The molecule has 4 heterocycles. The molecule has 0 bridgehead atoms. The standard InChI is InChI=1S/C26H30N4O2/c1-18-19(2)24(32-3)10-8-22(18)23-9-7-21-17-29(14-15-30(21)23)26(31)20-6-11-25(27-16-20)28-12-4-5-13-28/h4-6,8,10-13,16,21,23H,7,9,14-15,17H2,1-3H3/t21-,23+/m0/s1. The van der Waals surface area contributed by atoms with Crippen LogP contribution >= 0.6 is 0 Å². The average Bonchev–Trinajstić information content (AvgIpc) is 3.50. The molecule has 6 nitrogen and oxygen atoms in total. The first-order chi connectivity index (χ1) is 15.6. The molecule has 2 aliphatic rings. The third-order valence-electron chi connectivity index (χ3n) is 7.21. The summed E-state index contributed by atoms with van der Waals surface area (Å²) in [6, 6.07) is 12.9. The van der Waals surface area contributed by atoms with Crippen molar-refractivity contribution in [2.75, 3.05) is 26.7 Å². The molecule has 3 aromatic rings. The Morgan fingerprint density at radius 3 is 2.56 bits per heavy atom. The van der Waals surface area contributed by atoms with Gasteiger partial charge in [-0.25, -0.2) is 4.98 Å². The van der Waals surface area contributed by atoms with Gasteiger partial charge in [0.2, 0.25) is 0 Å². The van der Waals surface area contributed by atoms with Gasteiger partial charge in [0.25, 0.3) is 5.91 Å². The monoisotopic (exact) mass is 430 g/mol. The lowest BCUT2D eigenvalue weighted by molar-refractivity contribution is 0.0497. The zero-order chi connectivity index (χ0) is 22.2. The number of piperazine rings is 1. The lowest BCUT2D eigenvalue weighted by atomic mass is 9.95. The highest BCUT2D eigenvalue weighted by atomic mass is 16.5. The zero-order valence-electron chi connectivity index (χ0n) is 19.0. The summed E-state index contributed by atoms with van der Waals surface area (Å²) in [5.41, 5.74) is 4.60. The number of fused-ring (bicyclic) bond motifs is 1. The van der Waals surface area contributed by atoms with Crippen molar-refractivity contribution in [1.29, 1.82) is 0 Å². The van der Waals surface area contributed by atoms with E-state index in [1.807, 2.05) is 46.1 Å². The summed E-state index contributed by atoms with van der Waals surface area (Å²) in [6.07, 6.45) is 7.85. The number of nitrogens with zero attached hydrogens (tertiary/aromatic N) is 4. The number of hydrogen-bond donors (Lipinski definition) is 0. The highest BCUT2D eigenvalue weighted by Crippen LogP contribution is 2.41. The van der Waals surface area contributed by atoms with Crippen molar-refractivity contribution in [3.05, 3.63) is 77.2 Å². The maximum atomic E-state index is 13.2. The molecule has 2 atom stereocenters. The van der Waals surface area contributed by atoms with Crippen LogP contribution < -0.4 is 4.74 Å². The molecule has 32 heavy (non-hydrogen) atoms. The van der Waals surface area contributed by atoms with Crippen LogP contribution in [0.15, 0.2) is 55.0 Å². The minimum Gasteiger partial charge on any atom is -0.496 e. The predicted octanol–water partition coefficient (Wildman–Crippen LogP) is 4.16. The second-order valence-corrected chi connectivity index (χ2v) is 8.84. The molecule has 6 heteroatoms. The normalized spacial score (nSPS) is 20.9. The van der Waals surface area contributed by atoms with Crippen LogP contribution in [0.4, 0.5) is 0 Å². The molecule has 2 aromatic heterocycles. The van der Waals surface area contributed by atoms with Crippen molar-refractivity contribution in [3.63, 3.8) is 0 Å². The fourth-order valence-corrected chi connectivity index (χ4v) is 5.31. The van der Waals surface area contributed by atoms with Crippen LogP contribution in [-0.2, 0) is 0 Å². The molecule has 1 aromatic carbocycles. The third-order valence-corrected chi connectivity index (χ3v) is 7.21. The number of rotatable bonds is 4. The van der Waals surface area contributed by atoms with Gasteiger partial charge in [0.1, 0.15) is 11.6 Å². The smallest absolute Gasteiger partial charge is 0.255 e. The zero-order valence-corrected chi connectivity index (χ0v) is 19.0. The molecule has 5 rings (SSSR count). The summed E-state index contributed by atoms with van der Waals surface area (Å²) >= 11 is 0. The Kier molecular flexibility index (Phi) is 5.47. The maximum Gasteiger partial charge on any atom is 0.255 e. The van der Waals surface area contributed by atoms with Crippen LogP contribution in [0.1, 0.15) is 45.9 Å². The van der Waals surface area contributed by atoms with E-state index in [1.165, 1.54) is 16.7 Å². The number of ether oxygens (including phenoxy) is 1. The Labute approximate surface area is 189 Å². The van der Waals surface area contributed by atoms with Crippen LogP contribution in [0.5, 0.6) is 5.75 Å². The number of methoxy groups -OCH3 is 1. The second-order valence-electron chi connectivity index (χ2n) is 8.84. The van der Waals surface area contributed by atoms with E-state index < -0.39 is 0 Å². The van der Waals surface area contributed by atoms with Gasteiger partial charge in [-0.3, -0.25) is 9.69 Å². The number of benzene rings is 1. The molecule has 166 valence electrons. The van der Waals surface area contributed by atoms with Crippen molar-refractivity contribution >= 4 is 5.91 Å². The molecule has 2 saturated heterocycles. The first-order valence-corrected chi connectivity index (χ1v) is 11.4. The van der Waals surface area contributed by atoms with Crippen LogP contribution in [-0.4, -0.2) is 58.0 Å². The van der Waals surface area contributed by atoms with E-state index in [1.54, 1.807) is 13.3 Å². The fourth-order valence-electron chi connectivity index (χ4n) is 5.31. The van der Waals surface area contributed by atoms with Gasteiger partial charge in [-0.2, -0.15) is 0 Å². The van der Waals surface area contributed by atoms with Gasteiger partial charge in [0, 0.05) is 50.3 Å². The maximum absolute atomic E-state index is 13.2. The summed E-state index contributed by atoms with van der Waals surface area (Å²) in [5, 5.41) is 0. The van der Waals surface area contributed by atoms with Gasteiger partial charge in [-0.1, -0.05) is 6.07 Å². The topological polar surface area (TPSA) is 50.6 Å². The van der Waals surface area contributed by atoms with Crippen LogP contribution in [0.3, 0.4) is 0 Å². The first-order valence-electron chi connectivity index (χ1n) is 11.4. The summed E-state index contributed by atoms with van der Waals surface area (Å²) < 4.78 is 7.44. The molecule has 0 radical (unpaired) electrons. The SMILES string of the molecule is COc1ccc([C@H]2CC[C@H]3CN(C(=O)c4ccc(-n5cccc5)nc4)CCN32)c(C)c1C. The largest absolute Gasteiger partial charge is 0.496 e. The summed E-state index contributed by atoms with van der Waals surface area (Å²) in [4.78, 5) is 22.2. The van der Waals surface area contributed by atoms with Gasteiger partial charge in [-0.15, -0.1) is 0 Å². The molecule has 0 N–H and O–H groups in total. The van der Waals surface area contributed by atoms with E-state index in [2.05, 4.69) is 35.9 Å². The Morgan fingerprint density at radius 1 is 1.03 bits per heavy atom. The highest BCUT2D eigenvalue weighted by molar-refractivity contribution is 5.94. The summed E-state index contributed by atoms with van der Waals surface area (Å²) in [7, 11) is 1.73. The molecular weight excluding hydrogens is 400 g/mol. The number of hydrogen-bond acceptors (Lipinski definition) is 4. The second kappa shape index (κ2) is 8.43. The minimum atomic E-state index is 0.0797. The number of amides is 1. The van der Waals surface area contributed by atoms with E-state index in [4.69, 9.17) is 4.74 Å². The Morgan fingerprint density at radius 2 is 1.84 bits per heavy atom. The lowest BCUT2D eigenvalue weighted by Crippen LogP contribution is -2.52. The minimum absolute atomic E-state index is 0.0797. The van der Waals surface area contributed by atoms with Crippen LogP contribution in [0.25, 0.3) is 5.82 Å². The Bertz CT molecular complexity index is 1110. The average molecular weight is 431 g/mol. The van der Waals surface area contributed by atoms with Gasteiger partial charge in [0.15, 0.2) is 0 Å². The quantitative estimate of drug-likeness (QED) is 0.624.